The highest BCUT2D eigenvalue weighted by molar-refractivity contribution is 4.72. The SMILES string of the molecule is CCCCCCNCCOC1CCCCC1C. The Labute approximate surface area is 108 Å². The number of rotatable bonds is 9. The molecular weight excluding hydrogens is 210 g/mol. The third-order valence-corrected chi connectivity index (χ3v) is 3.85. The smallest absolute Gasteiger partial charge is 0.0601 e. The predicted molar refractivity (Wildman–Crippen MR) is 74.4 cm³/mol. The fourth-order valence-electron chi connectivity index (χ4n) is 2.61. The van der Waals surface area contributed by atoms with Crippen LogP contribution in [-0.4, -0.2) is 25.8 Å². The zero-order valence-electron chi connectivity index (χ0n) is 11.8. The van der Waals surface area contributed by atoms with Gasteiger partial charge in [-0.3, -0.25) is 0 Å². The molecule has 0 radical (unpaired) electrons. The molecule has 2 nitrogen and oxygen atoms in total. The van der Waals surface area contributed by atoms with Crippen LogP contribution >= 0.6 is 0 Å². The van der Waals surface area contributed by atoms with Crippen molar-refractivity contribution in [2.75, 3.05) is 19.7 Å². The summed E-state index contributed by atoms with van der Waals surface area (Å²) in [7, 11) is 0. The van der Waals surface area contributed by atoms with Gasteiger partial charge in [0, 0.05) is 6.54 Å². The summed E-state index contributed by atoms with van der Waals surface area (Å²) in [6.45, 7) is 7.66. The number of nitrogens with one attached hydrogen (secondary N) is 1. The Bertz CT molecular complexity index is 172. The Kier molecular flexibility index (Phi) is 8.72. The maximum absolute atomic E-state index is 5.96. The van der Waals surface area contributed by atoms with Crippen molar-refractivity contribution in [3.63, 3.8) is 0 Å². The van der Waals surface area contributed by atoms with E-state index in [9.17, 15) is 0 Å². The van der Waals surface area contributed by atoms with Crippen molar-refractivity contribution in [1.29, 1.82) is 0 Å². The van der Waals surface area contributed by atoms with Gasteiger partial charge in [0.15, 0.2) is 0 Å². The first kappa shape index (κ1) is 15.0. The first-order valence-corrected chi connectivity index (χ1v) is 7.67. The van der Waals surface area contributed by atoms with Gasteiger partial charge in [-0.25, -0.2) is 0 Å². The Hall–Kier alpha value is -0.0800. The molecule has 0 bridgehead atoms. The van der Waals surface area contributed by atoms with E-state index in [2.05, 4.69) is 19.2 Å². The van der Waals surface area contributed by atoms with Gasteiger partial charge in [-0.05, 0) is 31.7 Å². The summed E-state index contributed by atoms with van der Waals surface area (Å²) < 4.78 is 5.96. The van der Waals surface area contributed by atoms with E-state index in [1.807, 2.05) is 0 Å². The highest BCUT2D eigenvalue weighted by atomic mass is 16.5. The number of hydrogen-bond donors (Lipinski definition) is 1. The van der Waals surface area contributed by atoms with Crippen molar-refractivity contribution in [2.45, 2.75) is 71.3 Å². The highest BCUT2D eigenvalue weighted by Gasteiger charge is 2.21. The van der Waals surface area contributed by atoms with E-state index < -0.39 is 0 Å². The first-order valence-electron chi connectivity index (χ1n) is 7.67. The third-order valence-electron chi connectivity index (χ3n) is 3.85. The lowest BCUT2D eigenvalue weighted by Crippen LogP contribution is -2.29. The zero-order chi connectivity index (χ0) is 12.3. The van der Waals surface area contributed by atoms with Gasteiger partial charge in [-0.15, -0.1) is 0 Å². The second-order valence-electron chi connectivity index (χ2n) is 5.48. The molecule has 1 saturated carbocycles. The number of hydrogen-bond acceptors (Lipinski definition) is 2. The minimum atomic E-state index is 0.533. The van der Waals surface area contributed by atoms with Crippen LogP contribution in [0.3, 0.4) is 0 Å². The van der Waals surface area contributed by atoms with Gasteiger partial charge >= 0.3 is 0 Å². The van der Waals surface area contributed by atoms with Crippen LogP contribution in [-0.2, 0) is 4.74 Å². The summed E-state index contributed by atoms with van der Waals surface area (Å²) in [5.41, 5.74) is 0. The summed E-state index contributed by atoms with van der Waals surface area (Å²) in [4.78, 5) is 0. The summed E-state index contributed by atoms with van der Waals surface area (Å²) >= 11 is 0. The third kappa shape index (κ3) is 7.05. The molecule has 1 N–H and O–H groups in total. The zero-order valence-corrected chi connectivity index (χ0v) is 11.8. The highest BCUT2D eigenvalue weighted by Crippen LogP contribution is 2.25. The first-order chi connectivity index (χ1) is 8.34. The molecular formula is C15H31NO. The van der Waals surface area contributed by atoms with Gasteiger partial charge in [-0.2, -0.15) is 0 Å². The Morgan fingerprint density at radius 1 is 1.06 bits per heavy atom. The van der Waals surface area contributed by atoms with Crippen LogP contribution in [0.25, 0.3) is 0 Å². The minimum absolute atomic E-state index is 0.533. The lowest BCUT2D eigenvalue weighted by atomic mass is 9.88. The Morgan fingerprint density at radius 2 is 1.88 bits per heavy atom. The van der Waals surface area contributed by atoms with Crippen LogP contribution in [0.4, 0.5) is 0 Å². The predicted octanol–water partition coefficient (Wildman–Crippen LogP) is 3.75. The largest absolute Gasteiger partial charge is 0.377 e. The molecule has 17 heavy (non-hydrogen) atoms. The van der Waals surface area contributed by atoms with Crippen molar-refractivity contribution >= 4 is 0 Å². The molecule has 0 aromatic carbocycles. The van der Waals surface area contributed by atoms with E-state index in [1.54, 1.807) is 0 Å². The van der Waals surface area contributed by atoms with E-state index in [0.717, 1.165) is 25.6 Å². The maximum Gasteiger partial charge on any atom is 0.0601 e. The fourth-order valence-corrected chi connectivity index (χ4v) is 2.61. The van der Waals surface area contributed by atoms with Crippen molar-refractivity contribution in [3.8, 4) is 0 Å². The van der Waals surface area contributed by atoms with Crippen molar-refractivity contribution in [3.05, 3.63) is 0 Å². The monoisotopic (exact) mass is 241 g/mol. The van der Waals surface area contributed by atoms with Crippen LogP contribution in [0.5, 0.6) is 0 Å². The van der Waals surface area contributed by atoms with Crippen LogP contribution in [0.15, 0.2) is 0 Å². The molecule has 0 aliphatic heterocycles. The Balaban J connectivity index is 1.86. The molecule has 0 heterocycles. The van der Waals surface area contributed by atoms with Crippen molar-refractivity contribution in [1.82, 2.24) is 5.32 Å². The van der Waals surface area contributed by atoms with Crippen molar-refractivity contribution in [2.24, 2.45) is 5.92 Å². The molecule has 0 saturated heterocycles. The van der Waals surface area contributed by atoms with E-state index in [4.69, 9.17) is 4.74 Å². The maximum atomic E-state index is 5.96. The second-order valence-corrected chi connectivity index (χ2v) is 5.48. The molecule has 1 fully saturated rings. The summed E-state index contributed by atoms with van der Waals surface area (Å²) in [6, 6.07) is 0. The van der Waals surface area contributed by atoms with Gasteiger partial charge in [-0.1, -0.05) is 46.0 Å². The summed E-state index contributed by atoms with van der Waals surface area (Å²) in [6.07, 6.45) is 11.3. The van der Waals surface area contributed by atoms with Crippen LogP contribution < -0.4 is 5.32 Å². The molecule has 0 aromatic rings. The molecule has 2 heteroatoms. The molecule has 2 atom stereocenters. The fraction of sp³-hybridized carbons (Fsp3) is 1.00. The standard InChI is InChI=1S/C15H31NO/c1-3-4-5-8-11-16-12-13-17-15-10-7-6-9-14(15)2/h14-16H,3-13H2,1-2H3. The van der Waals surface area contributed by atoms with Gasteiger partial charge < -0.3 is 10.1 Å². The molecule has 0 spiro atoms. The molecule has 1 aliphatic rings. The molecule has 1 aliphatic carbocycles. The number of unbranched alkanes of at least 4 members (excludes halogenated alkanes) is 3. The summed E-state index contributed by atoms with van der Waals surface area (Å²) in [5.74, 6) is 0.772. The molecule has 2 unspecified atom stereocenters. The molecule has 1 rings (SSSR count). The second kappa shape index (κ2) is 9.90. The van der Waals surface area contributed by atoms with Crippen molar-refractivity contribution < 1.29 is 4.74 Å². The van der Waals surface area contributed by atoms with E-state index >= 15 is 0 Å². The lowest BCUT2D eigenvalue weighted by Gasteiger charge is -2.28. The quantitative estimate of drug-likeness (QED) is 0.621. The molecule has 0 aromatic heterocycles. The Morgan fingerprint density at radius 3 is 2.65 bits per heavy atom. The van der Waals surface area contributed by atoms with Gasteiger partial charge in [0.1, 0.15) is 0 Å². The van der Waals surface area contributed by atoms with E-state index in [1.165, 1.54) is 51.4 Å². The molecule has 102 valence electrons. The minimum Gasteiger partial charge on any atom is -0.377 e. The average molecular weight is 241 g/mol. The normalized spacial score (nSPS) is 25.1. The van der Waals surface area contributed by atoms with Crippen LogP contribution in [0.2, 0.25) is 0 Å². The van der Waals surface area contributed by atoms with Crippen LogP contribution in [0.1, 0.15) is 65.2 Å². The van der Waals surface area contributed by atoms with E-state index in [0.29, 0.717) is 6.10 Å². The topological polar surface area (TPSA) is 21.3 Å². The number of ether oxygens (including phenoxy) is 1. The summed E-state index contributed by atoms with van der Waals surface area (Å²) in [5, 5.41) is 3.47. The van der Waals surface area contributed by atoms with Gasteiger partial charge in [0.25, 0.3) is 0 Å². The van der Waals surface area contributed by atoms with Gasteiger partial charge in [0.05, 0.1) is 12.7 Å². The van der Waals surface area contributed by atoms with E-state index in [-0.39, 0.29) is 0 Å². The lowest BCUT2D eigenvalue weighted by molar-refractivity contribution is -0.00311. The van der Waals surface area contributed by atoms with Crippen LogP contribution in [0, 0.1) is 5.92 Å². The van der Waals surface area contributed by atoms with Gasteiger partial charge in [0.2, 0.25) is 0 Å². The average Bonchev–Trinajstić information content (AvgIpc) is 2.35. The molecule has 0 amide bonds.